The first-order chi connectivity index (χ1) is 20.4. The molecule has 0 radical (unpaired) electrons. The van der Waals surface area contributed by atoms with Gasteiger partial charge in [0.15, 0.2) is 0 Å². The van der Waals surface area contributed by atoms with Gasteiger partial charge >= 0.3 is 0 Å². The van der Waals surface area contributed by atoms with Crippen LogP contribution in [0.1, 0.15) is 45.4 Å². The molecule has 3 atom stereocenters. The van der Waals surface area contributed by atoms with Crippen molar-refractivity contribution in [3.8, 4) is 0 Å². The highest BCUT2D eigenvalue weighted by molar-refractivity contribution is 7.91. The first kappa shape index (κ1) is 32.6. The zero-order valence-electron chi connectivity index (χ0n) is 24.6. The first-order valence-electron chi connectivity index (χ1n) is 14.9. The molecule has 3 fully saturated rings. The zero-order chi connectivity index (χ0) is 30.9. The van der Waals surface area contributed by atoms with Crippen LogP contribution in [-0.2, 0) is 29.6 Å². The number of carbonyl (C=O) groups excluding carboxylic acids is 2. The van der Waals surface area contributed by atoms with Gasteiger partial charge in [0.1, 0.15) is 10.3 Å². The highest BCUT2D eigenvalue weighted by Gasteiger charge is 2.38. The first-order valence-corrected chi connectivity index (χ1v) is 19.1. The maximum absolute atomic E-state index is 13.4. The highest BCUT2D eigenvalue weighted by Crippen LogP contribution is 2.31. The molecule has 2 amide bonds. The molecule has 1 unspecified atom stereocenters. The van der Waals surface area contributed by atoms with Crippen molar-refractivity contribution in [1.29, 1.82) is 0 Å². The van der Waals surface area contributed by atoms with Crippen molar-refractivity contribution < 1.29 is 26.4 Å². The molecule has 43 heavy (non-hydrogen) atoms. The standard InChI is InChI=1S/C28H40ClN5O6S3/c1-3-14-42(37,38)31(2)22-10-13-32(17-22)18-23-6-4-12-34(23)26(35)19-33-11-5-7-24(28(33)36)30-43(39,40)27-16-20-15-21(29)8-9-25(20)41-27/h8-9,15-16,22-24,30H,3-7,10-14,17-19H2,1-2H3/t22?,23-,24-/m0/s1. The summed E-state index contributed by atoms with van der Waals surface area (Å²) >= 11 is 7.17. The lowest BCUT2D eigenvalue weighted by atomic mass is 10.1. The number of carbonyl (C=O) groups is 2. The van der Waals surface area contributed by atoms with Crippen LogP contribution in [0.3, 0.4) is 0 Å². The molecule has 0 aliphatic carbocycles. The van der Waals surface area contributed by atoms with Crippen molar-refractivity contribution in [2.45, 2.75) is 67.8 Å². The van der Waals surface area contributed by atoms with Gasteiger partial charge in [-0.05, 0) is 74.7 Å². The molecule has 15 heteroatoms. The molecule has 1 aromatic carbocycles. The van der Waals surface area contributed by atoms with Gasteiger partial charge in [0.25, 0.3) is 10.0 Å². The minimum absolute atomic E-state index is 0.000498. The molecular formula is C28H40ClN5O6S3. The second kappa shape index (κ2) is 13.3. The molecule has 3 aliphatic heterocycles. The van der Waals surface area contributed by atoms with E-state index in [0.717, 1.165) is 47.2 Å². The second-order valence-corrected chi connectivity index (χ2v) is 17.4. The summed E-state index contributed by atoms with van der Waals surface area (Å²) in [4.78, 5) is 32.3. The maximum Gasteiger partial charge on any atom is 0.250 e. The number of likely N-dealkylation sites (N-methyl/N-ethyl adjacent to an activating group) is 1. The van der Waals surface area contributed by atoms with Crippen LogP contribution in [0.15, 0.2) is 28.5 Å². The number of benzene rings is 1. The number of nitrogens with one attached hydrogen (secondary N) is 1. The van der Waals surface area contributed by atoms with E-state index in [9.17, 15) is 26.4 Å². The van der Waals surface area contributed by atoms with Crippen LogP contribution in [-0.4, -0.2) is 118 Å². The summed E-state index contributed by atoms with van der Waals surface area (Å²) in [6, 6.07) is 5.73. The van der Waals surface area contributed by atoms with Gasteiger partial charge in [-0.1, -0.05) is 18.5 Å². The topological polar surface area (TPSA) is 127 Å². The van der Waals surface area contributed by atoms with Gasteiger partial charge in [-0.25, -0.2) is 21.1 Å². The number of nitrogens with zero attached hydrogens (tertiary/aromatic N) is 4. The van der Waals surface area contributed by atoms with E-state index in [1.54, 1.807) is 31.3 Å². The van der Waals surface area contributed by atoms with Crippen molar-refractivity contribution in [2.75, 3.05) is 52.1 Å². The van der Waals surface area contributed by atoms with E-state index in [2.05, 4.69) is 9.62 Å². The summed E-state index contributed by atoms with van der Waals surface area (Å²) in [5.74, 6) is -0.385. The Morgan fingerprint density at radius 2 is 1.86 bits per heavy atom. The Hall–Kier alpha value is -1.81. The number of halogens is 1. The fraction of sp³-hybridized carbons (Fsp3) is 0.643. The van der Waals surface area contributed by atoms with Crippen LogP contribution in [0.4, 0.5) is 0 Å². The molecule has 1 aromatic heterocycles. The number of piperidine rings is 1. The quantitative estimate of drug-likeness (QED) is 0.389. The van der Waals surface area contributed by atoms with Gasteiger partial charge in [-0.3, -0.25) is 14.5 Å². The number of amides is 2. The summed E-state index contributed by atoms with van der Waals surface area (Å²) in [6.07, 6.45) is 4.01. The lowest BCUT2D eigenvalue weighted by Gasteiger charge is -2.35. The summed E-state index contributed by atoms with van der Waals surface area (Å²) in [5.41, 5.74) is 0. The van der Waals surface area contributed by atoms with Crippen molar-refractivity contribution >= 4 is 64.9 Å². The molecule has 5 rings (SSSR count). The minimum Gasteiger partial charge on any atom is -0.337 e. The second-order valence-electron chi connectivity index (χ2n) is 11.7. The lowest BCUT2D eigenvalue weighted by Crippen LogP contribution is -2.55. The Morgan fingerprint density at radius 3 is 2.63 bits per heavy atom. The van der Waals surface area contributed by atoms with Gasteiger partial charge in [0.2, 0.25) is 21.8 Å². The molecule has 2 aromatic rings. The normalized spacial score (nSPS) is 24.1. The molecule has 4 heterocycles. The molecule has 3 aliphatic rings. The van der Waals surface area contributed by atoms with Crippen molar-refractivity contribution in [3.63, 3.8) is 0 Å². The van der Waals surface area contributed by atoms with E-state index in [1.165, 1.54) is 9.21 Å². The fourth-order valence-electron chi connectivity index (χ4n) is 6.38. The Balaban J connectivity index is 1.17. The molecule has 3 saturated heterocycles. The third-order valence-electron chi connectivity index (χ3n) is 8.70. The largest absolute Gasteiger partial charge is 0.337 e. The SMILES string of the molecule is CCCS(=O)(=O)N(C)C1CCN(C[C@@H]2CCCN2C(=O)CN2CCC[C@H](NS(=O)(=O)c3cc4cc(Cl)ccc4s3)C2=O)C1. The number of likely N-dealkylation sites (tertiary alicyclic amines) is 3. The van der Waals surface area contributed by atoms with E-state index in [-0.39, 0.29) is 40.4 Å². The lowest BCUT2D eigenvalue weighted by molar-refractivity contribution is -0.143. The maximum atomic E-state index is 13.4. The average molecular weight is 674 g/mol. The number of hydrogen-bond donors (Lipinski definition) is 1. The number of sulfonamides is 2. The fourth-order valence-corrected chi connectivity index (χ4v) is 10.6. The van der Waals surface area contributed by atoms with Crippen LogP contribution >= 0.6 is 22.9 Å². The predicted molar refractivity (Wildman–Crippen MR) is 168 cm³/mol. The number of rotatable bonds is 11. The molecule has 1 N–H and O–H groups in total. The molecule has 11 nitrogen and oxygen atoms in total. The summed E-state index contributed by atoms with van der Waals surface area (Å²) in [6.45, 7) is 4.86. The van der Waals surface area contributed by atoms with Crippen LogP contribution in [0.5, 0.6) is 0 Å². The van der Waals surface area contributed by atoms with Gasteiger partial charge < -0.3 is 9.80 Å². The van der Waals surface area contributed by atoms with E-state index >= 15 is 0 Å². The average Bonchev–Trinajstić information content (AvgIpc) is 3.70. The Bertz CT molecular complexity index is 1570. The van der Waals surface area contributed by atoms with E-state index in [4.69, 9.17) is 11.6 Å². The molecular weight excluding hydrogens is 634 g/mol. The number of thiophene rings is 1. The van der Waals surface area contributed by atoms with E-state index < -0.39 is 26.1 Å². The molecule has 0 saturated carbocycles. The zero-order valence-corrected chi connectivity index (χ0v) is 27.8. The van der Waals surface area contributed by atoms with Crippen LogP contribution in [0, 0.1) is 0 Å². The molecule has 0 spiro atoms. The Kier molecular flexibility index (Phi) is 10.1. The van der Waals surface area contributed by atoms with Gasteiger partial charge in [0, 0.05) is 55.0 Å². The van der Waals surface area contributed by atoms with Crippen LogP contribution in [0.2, 0.25) is 5.02 Å². The number of fused-ring (bicyclic) bond motifs is 1. The monoisotopic (exact) mass is 673 g/mol. The molecule has 0 bridgehead atoms. The minimum atomic E-state index is -3.94. The summed E-state index contributed by atoms with van der Waals surface area (Å²) in [7, 11) is -5.56. The van der Waals surface area contributed by atoms with Crippen molar-refractivity contribution in [2.24, 2.45) is 0 Å². The van der Waals surface area contributed by atoms with Crippen LogP contribution < -0.4 is 4.72 Å². The third kappa shape index (κ3) is 7.37. The Labute approximate surface area is 263 Å². The summed E-state index contributed by atoms with van der Waals surface area (Å²) < 4.78 is 56.4. The van der Waals surface area contributed by atoms with E-state index in [1.807, 2.05) is 11.8 Å². The highest BCUT2D eigenvalue weighted by atomic mass is 35.5. The van der Waals surface area contributed by atoms with Gasteiger partial charge in [-0.15, -0.1) is 11.3 Å². The van der Waals surface area contributed by atoms with Crippen molar-refractivity contribution in [1.82, 2.24) is 23.7 Å². The van der Waals surface area contributed by atoms with Crippen LogP contribution in [0.25, 0.3) is 10.1 Å². The Morgan fingerprint density at radius 1 is 1.09 bits per heavy atom. The predicted octanol–water partition coefficient (Wildman–Crippen LogP) is 2.56. The smallest absolute Gasteiger partial charge is 0.250 e. The number of hydrogen-bond acceptors (Lipinski definition) is 8. The van der Waals surface area contributed by atoms with E-state index in [0.29, 0.717) is 50.5 Å². The van der Waals surface area contributed by atoms with Crippen molar-refractivity contribution in [3.05, 3.63) is 29.3 Å². The molecule has 238 valence electrons. The summed E-state index contributed by atoms with van der Waals surface area (Å²) in [5, 5.41) is 1.23. The van der Waals surface area contributed by atoms with Gasteiger partial charge in [-0.2, -0.15) is 4.72 Å². The van der Waals surface area contributed by atoms with Gasteiger partial charge in [0.05, 0.1) is 12.3 Å². The third-order valence-corrected chi connectivity index (χ3v) is 14.1.